The average molecular weight is 229 g/mol. The van der Waals surface area contributed by atoms with E-state index in [4.69, 9.17) is 0 Å². The topological polar surface area (TPSA) is 54.5 Å². The maximum Gasteiger partial charge on any atom is 0.244 e. The first-order valence-corrected chi connectivity index (χ1v) is 5.53. The van der Waals surface area contributed by atoms with Crippen LogP contribution in [0.2, 0.25) is 0 Å². The standard InChI is InChI=1S/C13H11NO3/c1-14-7-6-13(12(14)17)10(15)8-4-2-3-5-9(8)11(13)16/h2-5H,6-7H2,1H3. The number of hydrogen-bond donors (Lipinski definition) is 0. The molecule has 1 amide bonds. The van der Waals surface area contributed by atoms with E-state index in [0.717, 1.165) is 0 Å². The van der Waals surface area contributed by atoms with Crippen LogP contribution in [0.3, 0.4) is 0 Å². The highest BCUT2D eigenvalue weighted by molar-refractivity contribution is 6.39. The number of nitrogens with zero attached hydrogens (tertiary/aromatic N) is 1. The molecular formula is C13H11NO3. The smallest absolute Gasteiger partial charge is 0.244 e. The summed E-state index contributed by atoms with van der Waals surface area (Å²) in [5, 5.41) is 0. The normalized spacial score (nSPS) is 21.5. The quantitative estimate of drug-likeness (QED) is 0.621. The second-order valence-electron chi connectivity index (χ2n) is 4.59. The van der Waals surface area contributed by atoms with Gasteiger partial charge in [-0.25, -0.2) is 0 Å². The van der Waals surface area contributed by atoms with Gasteiger partial charge in [-0.2, -0.15) is 0 Å². The van der Waals surface area contributed by atoms with E-state index in [0.29, 0.717) is 24.1 Å². The van der Waals surface area contributed by atoms with Crippen molar-refractivity contribution in [3.8, 4) is 0 Å². The molecule has 3 rings (SSSR count). The molecule has 1 saturated heterocycles. The molecular weight excluding hydrogens is 218 g/mol. The molecule has 1 aromatic carbocycles. The number of benzene rings is 1. The molecule has 1 heterocycles. The number of fused-ring (bicyclic) bond motifs is 1. The van der Waals surface area contributed by atoms with Gasteiger partial charge in [0.05, 0.1) is 0 Å². The van der Waals surface area contributed by atoms with Gasteiger partial charge in [0.25, 0.3) is 0 Å². The Morgan fingerprint density at radius 1 is 1.06 bits per heavy atom. The van der Waals surface area contributed by atoms with Crippen molar-refractivity contribution in [2.24, 2.45) is 5.41 Å². The number of hydrogen-bond acceptors (Lipinski definition) is 3. The van der Waals surface area contributed by atoms with Crippen LogP contribution in [0.15, 0.2) is 24.3 Å². The van der Waals surface area contributed by atoms with Crippen LogP contribution in [0, 0.1) is 5.41 Å². The summed E-state index contributed by atoms with van der Waals surface area (Å²) in [6, 6.07) is 6.67. The largest absolute Gasteiger partial charge is 0.344 e. The summed E-state index contributed by atoms with van der Waals surface area (Å²) < 4.78 is 0. The molecule has 0 unspecified atom stereocenters. The molecule has 1 aliphatic carbocycles. The van der Waals surface area contributed by atoms with E-state index in [1.807, 2.05) is 0 Å². The lowest BCUT2D eigenvalue weighted by molar-refractivity contribution is -0.130. The molecule has 1 aromatic rings. The summed E-state index contributed by atoms with van der Waals surface area (Å²) in [6.45, 7) is 0.463. The first-order chi connectivity index (χ1) is 8.09. The third-order valence-electron chi connectivity index (χ3n) is 3.73. The molecule has 0 saturated carbocycles. The van der Waals surface area contributed by atoms with Gasteiger partial charge in [-0.3, -0.25) is 14.4 Å². The Labute approximate surface area is 98.2 Å². The molecule has 1 fully saturated rings. The fraction of sp³-hybridized carbons (Fsp3) is 0.308. The van der Waals surface area contributed by atoms with Crippen molar-refractivity contribution >= 4 is 17.5 Å². The fourth-order valence-electron chi connectivity index (χ4n) is 2.73. The van der Waals surface area contributed by atoms with E-state index in [-0.39, 0.29) is 17.5 Å². The summed E-state index contributed by atoms with van der Waals surface area (Å²) in [6.07, 6.45) is 0.300. The molecule has 17 heavy (non-hydrogen) atoms. The second kappa shape index (κ2) is 3.03. The Morgan fingerprint density at radius 2 is 1.59 bits per heavy atom. The number of ketones is 2. The molecule has 4 nitrogen and oxygen atoms in total. The molecule has 0 aromatic heterocycles. The van der Waals surface area contributed by atoms with Gasteiger partial charge in [0.15, 0.2) is 17.0 Å². The van der Waals surface area contributed by atoms with Crippen molar-refractivity contribution < 1.29 is 14.4 Å². The van der Waals surface area contributed by atoms with Crippen LogP contribution in [0.4, 0.5) is 0 Å². The zero-order valence-corrected chi connectivity index (χ0v) is 9.40. The lowest BCUT2D eigenvalue weighted by Crippen LogP contribution is -2.41. The number of rotatable bonds is 0. The molecule has 2 aliphatic rings. The van der Waals surface area contributed by atoms with Gasteiger partial charge in [0.2, 0.25) is 5.91 Å². The Morgan fingerprint density at radius 3 is 2.00 bits per heavy atom. The first-order valence-electron chi connectivity index (χ1n) is 5.53. The van der Waals surface area contributed by atoms with Crippen molar-refractivity contribution in [1.29, 1.82) is 0 Å². The maximum atomic E-state index is 12.3. The Balaban J connectivity index is 2.22. The van der Waals surface area contributed by atoms with Crippen LogP contribution >= 0.6 is 0 Å². The van der Waals surface area contributed by atoms with Gasteiger partial charge in [-0.15, -0.1) is 0 Å². The molecule has 0 bridgehead atoms. The summed E-state index contributed by atoms with van der Waals surface area (Å²) in [7, 11) is 1.63. The van der Waals surface area contributed by atoms with Crippen LogP contribution < -0.4 is 0 Å². The minimum Gasteiger partial charge on any atom is -0.344 e. The molecule has 0 N–H and O–H groups in total. The van der Waals surface area contributed by atoms with Crippen LogP contribution in [0.1, 0.15) is 27.1 Å². The highest BCUT2D eigenvalue weighted by atomic mass is 16.2. The van der Waals surface area contributed by atoms with Crippen LogP contribution in [0.5, 0.6) is 0 Å². The van der Waals surface area contributed by atoms with Crippen molar-refractivity contribution in [2.45, 2.75) is 6.42 Å². The number of amides is 1. The first kappa shape index (κ1) is 10.2. The summed E-state index contributed by atoms with van der Waals surface area (Å²) >= 11 is 0. The summed E-state index contributed by atoms with van der Waals surface area (Å²) in [4.78, 5) is 38.2. The van der Waals surface area contributed by atoms with E-state index in [2.05, 4.69) is 0 Å². The van der Waals surface area contributed by atoms with E-state index < -0.39 is 5.41 Å². The SMILES string of the molecule is CN1CCC2(C(=O)c3ccccc3C2=O)C1=O. The zero-order valence-electron chi connectivity index (χ0n) is 9.40. The molecule has 0 atom stereocenters. The lowest BCUT2D eigenvalue weighted by atomic mass is 9.81. The van der Waals surface area contributed by atoms with E-state index in [1.54, 1.807) is 31.3 Å². The average Bonchev–Trinajstić information content (AvgIpc) is 2.76. The molecule has 86 valence electrons. The summed E-state index contributed by atoms with van der Waals surface area (Å²) in [5.74, 6) is -1.01. The van der Waals surface area contributed by atoms with Crippen LogP contribution in [-0.4, -0.2) is 36.0 Å². The second-order valence-corrected chi connectivity index (χ2v) is 4.59. The number of Topliss-reactive ketones (excluding diaryl/α,β-unsaturated/α-hetero) is 2. The van der Waals surface area contributed by atoms with Crippen molar-refractivity contribution in [2.75, 3.05) is 13.6 Å². The van der Waals surface area contributed by atoms with Gasteiger partial charge < -0.3 is 4.90 Å². The van der Waals surface area contributed by atoms with Crippen molar-refractivity contribution in [3.63, 3.8) is 0 Å². The number of likely N-dealkylation sites (tertiary alicyclic amines) is 1. The fourth-order valence-corrected chi connectivity index (χ4v) is 2.73. The van der Waals surface area contributed by atoms with Gasteiger partial charge in [-0.1, -0.05) is 24.3 Å². The zero-order chi connectivity index (χ0) is 12.2. The molecule has 1 aliphatic heterocycles. The molecule has 4 heteroatoms. The molecule has 0 radical (unpaired) electrons. The third-order valence-corrected chi connectivity index (χ3v) is 3.73. The lowest BCUT2D eigenvalue weighted by Gasteiger charge is -2.17. The van der Waals surface area contributed by atoms with Gasteiger partial charge in [0, 0.05) is 24.7 Å². The highest BCUT2D eigenvalue weighted by Crippen LogP contribution is 2.43. The van der Waals surface area contributed by atoms with Crippen molar-refractivity contribution in [1.82, 2.24) is 4.90 Å². The molecule has 1 spiro atoms. The van der Waals surface area contributed by atoms with Crippen LogP contribution in [0.25, 0.3) is 0 Å². The Kier molecular flexibility index (Phi) is 1.82. The predicted octanol–water partition coefficient (Wildman–Crippen LogP) is 0.914. The van der Waals surface area contributed by atoms with Crippen LogP contribution in [-0.2, 0) is 4.79 Å². The number of carbonyl (C=O) groups excluding carboxylic acids is 3. The van der Waals surface area contributed by atoms with E-state index in [1.165, 1.54) is 4.90 Å². The predicted molar refractivity (Wildman–Crippen MR) is 59.8 cm³/mol. The van der Waals surface area contributed by atoms with E-state index >= 15 is 0 Å². The van der Waals surface area contributed by atoms with Gasteiger partial charge >= 0.3 is 0 Å². The van der Waals surface area contributed by atoms with Gasteiger partial charge in [0.1, 0.15) is 0 Å². The summed E-state index contributed by atoms with van der Waals surface area (Å²) in [5.41, 5.74) is -0.666. The maximum absolute atomic E-state index is 12.3. The Bertz CT molecular complexity index is 527. The third kappa shape index (κ3) is 1.00. The monoisotopic (exact) mass is 229 g/mol. The minimum absolute atomic E-state index is 0.300. The minimum atomic E-state index is -1.45. The van der Waals surface area contributed by atoms with E-state index in [9.17, 15) is 14.4 Å². The Hall–Kier alpha value is -1.97. The van der Waals surface area contributed by atoms with Crippen molar-refractivity contribution in [3.05, 3.63) is 35.4 Å². The number of carbonyl (C=O) groups is 3. The highest BCUT2D eigenvalue weighted by Gasteiger charge is 2.61. The van der Waals surface area contributed by atoms with Gasteiger partial charge in [-0.05, 0) is 6.42 Å².